The van der Waals surface area contributed by atoms with Crippen LogP contribution >= 0.6 is 0 Å². The number of carboxylic acids is 1. The highest BCUT2D eigenvalue weighted by Crippen LogP contribution is 2.32. The molecule has 0 fully saturated rings. The van der Waals surface area contributed by atoms with Crippen LogP contribution in [0.15, 0.2) is 18.2 Å². The summed E-state index contributed by atoms with van der Waals surface area (Å²) in [7, 11) is 0. The molecule has 5 heteroatoms. The van der Waals surface area contributed by atoms with Gasteiger partial charge in [-0.2, -0.15) is 0 Å². The van der Waals surface area contributed by atoms with Gasteiger partial charge >= 0.3 is 5.97 Å². The Kier molecular flexibility index (Phi) is 3.72. The number of nitrogens with one attached hydrogen (secondary N) is 1. The van der Waals surface area contributed by atoms with Crippen molar-refractivity contribution in [3.05, 3.63) is 23.8 Å². The lowest BCUT2D eigenvalue weighted by molar-refractivity contribution is -0.140. The van der Waals surface area contributed by atoms with Crippen LogP contribution in [0.25, 0.3) is 0 Å². The normalized spacial score (nSPS) is 14.8. The second-order valence-corrected chi connectivity index (χ2v) is 4.63. The fraction of sp³-hybridized carbons (Fsp3) is 0.462. The van der Waals surface area contributed by atoms with Crippen LogP contribution in [0.3, 0.4) is 0 Å². The van der Waals surface area contributed by atoms with Crippen molar-refractivity contribution in [1.82, 2.24) is 5.32 Å². The Bertz CT molecular complexity index is 445. The van der Waals surface area contributed by atoms with Crippen LogP contribution in [0.2, 0.25) is 0 Å². The number of aliphatic carboxylic acids is 1. The van der Waals surface area contributed by atoms with Crippen molar-refractivity contribution in [2.75, 3.05) is 6.79 Å². The third kappa shape index (κ3) is 2.73. The molecule has 0 amide bonds. The van der Waals surface area contributed by atoms with E-state index >= 15 is 0 Å². The Morgan fingerprint density at radius 2 is 2.11 bits per heavy atom. The Balaban J connectivity index is 1.99. The molecular formula is C13H17NO4. The van der Waals surface area contributed by atoms with Gasteiger partial charge in [0, 0.05) is 6.54 Å². The minimum atomic E-state index is -0.828. The molecule has 1 aliphatic rings. The smallest absolute Gasteiger partial charge is 0.320 e. The van der Waals surface area contributed by atoms with Crippen LogP contribution in [0.1, 0.15) is 19.4 Å². The molecule has 2 rings (SSSR count). The van der Waals surface area contributed by atoms with Gasteiger partial charge in [0.1, 0.15) is 6.04 Å². The predicted molar refractivity (Wildman–Crippen MR) is 65.7 cm³/mol. The van der Waals surface area contributed by atoms with E-state index < -0.39 is 12.0 Å². The van der Waals surface area contributed by atoms with Crippen LogP contribution in [0, 0.1) is 5.92 Å². The van der Waals surface area contributed by atoms with Gasteiger partial charge in [0.25, 0.3) is 0 Å². The van der Waals surface area contributed by atoms with E-state index in [9.17, 15) is 4.79 Å². The summed E-state index contributed by atoms with van der Waals surface area (Å²) in [4.78, 5) is 11.0. The lowest BCUT2D eigenvalue weighted by Gasteiger charge is -2.17. The zero-order chi connectivity index (χ0) is 13.1. The summed E-state index contributed by atoms with van der Waals surface area (Å²) < 4.78 is 10.5. The lowest BCUT2D eigenvalue weighted by Crippen LogP contribution is -2.40. The Morgan fingerprint density at radius 3 is 2.78 bits per heavy atom. The molecule has 1 aromatic carbocycles. The number of hydrogen-bond donors (Lipinski definition) is 2. The van der Waals surface area contributed by atoms with Gasteiger partial charge < -0.3 is 19.9 Å². The first-order chi connectivity index (χ1) is 8.58. The zero-order valence-electron chi connectivity index (χ0n) is 10.5. The molecule has 1 atom stereocenters. The molecule has 0 bridgehead atoms. The van der Waals surface area contributed by atoms with Gasteiger partial charge in [-0.1, -0.05) is 19.9 Å². The molecule has 18 heavy (non-hydrogen) atoms. The number of carboxylic acid groups (broad SMARTS) is 1. The predicted octanol–water partition coefficient (Wildman–Crippen LogP) is 1.61. The molecule has 0 spiro atoms. The summed E-state index contributed by atoms with van der Waals surface area (Å²) >= 11 is 0. The molecule has 0 aliphatic carbocycles. The minimum Gasteiger partial charge on any atom is -0.480 e. The molecule has 0 radical (unpaired) electrons. The maximum absolute atomic E-state index is 11.0. The third-order valence-corrected chi connectivity index (χ3v) is 2.90. The highest BCUT2D eigenvalue weighted by atomic mass is 16.7. The van der Waals surface area contributed by atoms with Crippen LogP contribution in [-0.4, -0.2) is 23.9 Å². The van der Waals surface area contributed by atoms with E-state index in [0.717, 1.165) is 11.3 Å². The van der Waals surface area contributed by atoms with Crippen molar-refractivity contribution in [1.29, 1.82) is 0 Å². The largest absolute Gasteiger partial charge is 0.480 e. The first-order valence-electron chi connectivity index (χ1n) is 5.92. The average Bonchev–Trinajstić information content (AvgIpc) is 2.75. The first kappa shape index (κ1) is 12.7. The van der Waals surface area contributed by atoms with E-state index in [1.165, 1.54) is 0 Å². The SMILES string of the molecule is CC(C)C(NCc1ccc2c(c1)OCO2)C(=O)O. The Morgan fingerprint density at radius 1 is 1.39 bits per heavy atom. The fourth-order valence-electron chi connectivity index (χ4n) is 1.89. The van der Waals surface area contributed by atoms with Crippen LogP contribution in [0.5, 0.6) is 11.5 Å². The quantitative estimate of drug-likeness (QED) is 0.832. The van der Waals surface area contributed by atoms with E-state index in [0.29, 0.717) is 12.3 Å². The van der Waals surface area contributed by atoms with Gasteiger partial charge in [0.05, 0.1) is 0 Å². The van der Waals surface area contributed by atoms with Crippen molar-refractivity contribution >= 4 is 5.97 Å². The van der Waals surface area contributed by atoms with Gasteiger partial charge in [0.15, 0.2) is 11.5 Å². The highest BCUT2D eigenvalue weighted by molar-refractivity contribution is 5.73. The van der Waals surface area contributed by atoms with Gasteiger partial charge in [-0.3, -0.25) is 4.79 Å². The molecule has 1 unspecified atom stereocenters. The summed E-state index contributed by atoms with van der Waals surface area (Å²) in [5.74, 6) is 0.658. The van der Waals surface area contributed by atoms with E-state index in [4.69, 9.17) is 14.6 Å². The van der Waals surface area contributed by atoms with Crippen molar-refractivity contribution in [3.63, 3.8) is 0 Å². The first-order valence-corrected chi connectivity index (χ1v) is 5.92. The summed E-state index contributed by atoms with van der Waals surface area (Å²) in [5.41, 5.74) is 0.978. The summed E-state index contributed by atoms with van der Waals surface area (Å²) in [6, 6.07) is 5.06. The van der Waals surface area contributed by atoms with Crippen LogP contribution < -0.4 is 14.8 Å². The van der Waals surface area contributed by atoms with Crippen molar-refractivity contribution < 1.29 is 19.4 Å². The van der Waals surface area contributed by atoms with Gasteiger partial charge in [0.2, 0.25) is 6.79 Å². The molecule has 98 valence electrons. The van der Waals surface area contributed by atoms with Crippen molar-refractivity contribution in [2.24, 2.45) is 5.92 Å². The molecule has 1 aliphatic heterocycles. The van der Waals surface area contributed by atoms with Gasteiger partial charge in [-0.05, 0) is 23.6 Å². The number of fused-ring (bicyclic) bond motifs is 1. The molecule has 0 saturated carbocycles. The highest BCUT2D eigenvalue weighted by Gasteiger charge is 2.21. The van der Waals surface area contributed by atoms with Gasteiger partial charge in [-0.25, -0.2) is 0 Å². The standard InChI is InChI=1S/C13H17NO4/c1-8(2)12(13(15)16)14-6-9-3-4-10-11(5-9)18-7-17-10/h3-5,8,12,14H,6-7H2,1-2H3,(H,15,16). The molecule has 0 aromatic heterocycles. The fourth-order valence-corrected chi connectivity index (χ4v) is 1.89. The van der Waals surface area contributed by atoms with E-state index in [-0.39, 0.29) is 12.7 Å². The number of ether oxygens (including phenoxy) is 2. The molecule has 1 heterocycles. The van der Waals surface area contributed by atoms with E-state index in [1.54, 1.807) is 0 Å². The van der Waals surface area contributed by atoms with Crippen molar-refractivity contribution in [3.8, 4) is 11.5 Å². The summed E-state index contributed by atoms with van der Waals surface area (Å²) in [6.07, 6.45) is 0. The Hall–Kier alpha value is -1.75. The van der Waals surface area contributed by atoms with E-state index in [2.05, 4.69) is 5.32 Å². The average molecular weight is 251 g/mol. The topological polar surface area (TPSA) is 67.8 Å². The summed E-state index contributed by atoms with van der Waals surface area (Å²) in [5, 5.41) is 12.1. The van der Waals surface area contributed by atoms with Crippen LogP contribution in [-0.2, 0) is 11.3 Å². The second-order valence-electron chi connectivity index (χ2n) is 4.63. The Labute approximate surface area is 106 Å². The lowest BCUT2D eigenvalue weighted by atomic mass is 10.0. The maximum Gasteiger partial charge on any atom is 0.320 e. The summed E-state index contributed by atoms with van der Waals surface area (Å²) in [6.45, 7) is 4.50. The molecule has 0 saturated heterocycles. The number of rotatable bonds is 5. The monoisotopic (exact) mass is 251 g/mol. The van der Waals surface area contributed by atoms with Crippen molar-refractivity contribution in [2.45, 2.75) is 26.4 Å². The molecule has 2 N–H and O–H groups in total. The van der Waals surface area contributed by atoms with Crippen LogP contribution in [0.4, 0.5) is 0 Å². The van der Waals surface area contributed by atoms with Gasteiger partial charge in [-0.15, -0.1) is 0 Å². The minimum absolute atomic E-state index is 0.0384. The number of hydrogen-bond acceptors (Lipinski definition) is 4. The molecular weight excluding hydrogens is 234 g/mol. The second kappa shape index (κ2) is 5.27. The molecule has 1 aromatic rings. The van der Waals surface area contributed by atoms with E-state index in [1.807, 2.05) is 32.0 Å². The third-order valence-electron chi connectivity index (χ3n) is 2.90. The molecule has 5 nitrogen and oxygen atoms in total. The zero-order valence-corrected chi connectivity index (χ0v) is 10.5. The maximum atomic E-state index is 11.0. The number of benzene rings is 1. The number of carbonyl (C=O) groups is 1.